The minimum Gasteiger partial charge on any atom is -0.388 e. The quantitative estimate of drug-likeness (QED) is 0.618. The molecule has 0 radical (unpaired) electrons. The largest absolute Gasteiger partial charge is 0.388 e. The van der Waals surface area contributed by atoms with Gasteiger partial charge in [-0.1, -0.05) is 26.7 Å². The van der Waals surface area contributed by atoms with Crippen LogP contribution in [0.1, 0.15) is 39.5 Å². The smallest absolute Gasteiger partial charge is 0.193 e. The highest BCUT2D eigenvalue weighted by molar-refractivity contribution is 8.00. The maximum absolute atomic E-state index is 10.4. The molecule has 2 aliphatic rings. The molecular formula is C15H29N3OS. The molecule has 1 unspecified atom stereocenters. The molecule has 1 atom stereocenters. The third-order valence-corrected chi connectivity index (χ3v) is 6.00. The van der Waals surface area contributed by atoms with Crippen LogP contribution in [0.25, 0.3) is 0 Å². The molecule has 1 saturated carbocycles. The van der Waals surface area contributed by atoms with E-state index in [0.717, 1.165) is 50.5 Å². The molecule has 0 aromatic rings. The Labute approximate surface area is 127 Å². The summed E-state index contributed by atoms with van der Waals surface area (Å²) >= 11 is 2.07. The zero-order valence-electron chi connectivity index (χ0n) is 13.1. The number of aliphatic hydroxyl groups is 1. The number of hydrogen-bond donors (Lipinski definition) is 2. The first-order valence-corrected chi connectivity index (χ1v) is 8.88. The monoisotopic (exact) mass is 299 g/mol. The van der Waals surface area contributed by atoms with Crippen molar-refractivity contribution >= 4 is 17.7 Å². The van der Waals surface area contributed by atoms with Gasteiger partial charge in [-0.2, -0.15) is 11.8 Å². The van der Waals surface area contributed by atoms with Crippen LogP contribution in [0.3, 0.4) is 0 Å². The van der Waals surface area contributed by atoms with E-state index in [2.05, 4.69) is 40.8 Å². The van der Waals surface area contributed by atoms with Crippen molar-refractivity contribution < 1.29 is 5.11 Å². The van der Waals surface area contributed by atoms with E-state index in [4.69, 9.17) is 0 Å². The first kappa shape index (κ1) is 16.0. The van der Waals surface area contributed by atoms with Crippen LogP contribution >= 0.6 is 11.8 Å². The summed E-state index contributed by atoms with van der Waals surface area (Å²) in [6.07, 6.45) is 4.13. The standard InChI is InChI=1S/C15H29N3OS/c1-12(2)13-10-18(8-9-20-13)14(16-3)17-11-15(19)6-4-5-7-15/h12-13,19H,4-11H2,1-3H3,(H,16,17). The van der Waals surface area contributed by atoms with Gasteiger partial charge in [-0.15, -0.1) is 0 Å². The Morgan fingerprint density at radius 1 is 1.45 bits per heavy atom. The number of aliphatic imine (C=N–C) groups is 1. The van der Waals surface area contributed by atoms with Gasteiger partial charge in [0, 0.05) is 37.7 Å². The summed E-state index contributed by atoms with van der Waals surface area (Å²) in [7, 11) is 1.84. The first-order valence-electron chi connectivity index (χ1n) is 7.84. The maximum Gasteiger partial charge on any atom is 0.193 e. The second kappa shape index (κ2) is 7.03. The molecule has 0 aromatic heterocycles. The zero-order valence-corrected chi connectivity index (χ0v) is 13.9. The van der Waals surface area contributed by atoms with Crippen LogP contribution in [0, 0.1) is 5.92 Å². The van der Waals surface area contributed by atoms with E-state index in [-0.39, 0.29) is 0 Å². The van der Waals surface area contributed by atoms with Crippen LogP contribution in [-0.4, -0.2) is 59.3 Å². The van der Waals surface area contributed by atoms with Gasteiger partial charge in [0.2, 0.25) is 0 Å². The first-order chi connectivity index (χ1) is 9.54. The lowest BCUT2D eigenvalue weighted by molar-refractivity contribution is 0.0515. The van der Waals surface area contributed by atoms with E-state index >= 15 is 0 Å². The lowest BCUT2D eigenvalue weighted by atomic mass is 10.0. The molecule has 5 heteroatoms. The third-order valence-electron chi connectivity index (χ3n) is 4.46. The third kappa shape index (κ3) is 4.04. The van der Waals surface area contributed by atoms with Crippen LogP contribution in [0.2, 0.25) is 0 Å². The minimum absolute atomic E-state index is 0.516. The van der Waals surface area contributed by atoms with Gasteiger partial charge in [0.05, 0.1) is 5.60 Å². The summed E-state index contributed by atoms with van der Waals surface area (Å²) in [5, 5.41) is 14.5. The van der Waals surface area contributed by atoms with Gasteiger partial charge in [-0.3, -0.25) is 4.99 Å². The average Bonchev–Trinajstić information content (AvgIpc) is 2.87. The van der Waals surface area contributed by atoms with Crippen molar-refractivity contribution in [2.45, 2.75) is 50.4 Å². The highest BCUT2D eigenvalue weighted by Gasteiger charge is 2.32. The normalized spacial score (nSPS) is 27.1. The molecule has 116 valence electrons. The number of rotatable bonds is 3. The highest BCUT2D eigenvalue weighted by atomic mass is 32.2. The molecular weight excluding hydrogens is 270 g/mol. The SMILES string of the molecule is CN=C(NCC1(O)CCCC1)N1CCSC(C(C)C)C1. The van der Waals surface area contributed by atoms with Gasteiger partial charge in [-0.25, -0.2) is 0 Å². The van der Waals surface area contributed by atoms with E-state index in [1.54, 1.807) is 0 Å². The number of guanidine groups is 1. The summed E-state index contributed by atoms with van der Waals surface area (Å²) in [5.74, 6) is 2.81. The summed E-state index contributed by atoms with van der Waals surface area (Å²) in [4.78, 5) is 6.76. The second-order valence-electron chi connectivity index (χ2n) is 6.43. The van der Waals surface area contributed by atoms with Crippen LogP contribution in [-0.2, 0) is 0 Å². The highest BCUT2D eigenvalue weighted by Crippen LogP contribution is 2.29. The van der Waals surface area contributed by atoms with Gasteiger partial charge in [0.25, 0.3) is 0 Å². The number of thioether (sulfide) groups is 1. The van der Waals surface area contributed by atoms with E-state index < -0.39 is 5.60 Å². The van der Waals surface area contributed by atoms with Crippen molar-refractivity contribution in [1.29, 1.82) is 0 Å². The van der Waals surface area contributed by atoms with Crippen LogP contribution < -0.4 is 5.32 Å². The van der Waals surface area contributed by atoms with E-state index in [1.165, 1.54) is 0 Å². The van der Waals surface area contributed by atoms with Gasteiger partial charge in [-0.05, 0) is 18.8 Å². The molecule has 2 rings (SSSR count). The number of nitrogens with one attached hydrogen (secondary N) is 1. The van der Waals surface area contributed by atoms with Gasteiger partial charge < -0.3 is 15.3 Å². The van der Waals surface area contributed by atoms with Crippen molar-refractivity contribution in [2.24, 2.45) is 10.9 Å². The van der Waals surface area contributed by atoms with Crippen molar-refractivity contribution in [3.8, 4) is 0 Å². The van der Waals surface area contributed by atoms with Crippen molar-refractivity contribution in [3.05, 3.63) is 0 Å². The molecule has 20 heavy (non-hydrogen) atoms. The fourth-order valence-electron chi connectivity index (χ4n) is 3.06. The molecule has 1 aliphatic heterocycles. The number of nitrogens with zero attached hydrogens (tertiary/aromatic N) is 2. The molecule has 0 bridgehead atoms. The van der Waals surface area contributed by atoms with E-state index in [9.17, 15) is 5.11 Å². The fraction of sp³-hybridized carbons (Fsp3) is 0.933. The zero-order chi connectivity index (χ0) is 14.6. The Balaban J connectivity index is 1.88. The van der Waals surface area contributed by atoms with Gasteiger partial charge in [0.1, 0.15) is 0 Å². The summed E-state index contributed by atoms with van der Waals surface area (Å²) in [6.45, 7) is 7.32. The molecule has 0 aromatic carbocycles. The molecule has 0 spiro atoms. The van der Waals surface area contributed by atoms with E-state index in [0.29, 0.717) is 17.7 Å². The fourth-order valence-corrected chi connectivity index (χ4v) is 4.36. The predicted octanol–water partition coefficient (Wildman–Crippen LogP) is 1.94. The van der Waals surface area contributed by atoms with E-state index in [1.807, 2.05) is 7.05 Å². The minimum atomic E-state index is -0.516. The molecule has 0 amide bonds. The van der Waals surface area contributed by atoms with Gasteiger partial charge >= 0.3 is 0 Å². The van der Waals surface area contributed by atoms with Gasteiger partial charge in [0.15, 0.2) is 5.96 Å². The van der Waals surface area contributed by atoms with Crippen LogP contribution in [0.5, 0.6) is 0 Å². The molecule has 1 saturated heterocycles. The average molecular weight is 299 g/mol. The second-order valence-corrected chi connectivity index (χ2v) is 7.78. The molecule has 4 nitrogen and oxygen atoms in total. The molecule has 1 aliphatic carbocycles. The van der Waals surface area contributed by atoms with Crippen LogP contribution in [0.15, 0.2) is 4.99 Å². The number of hydrogen-bond acceptors (Lipinski definition) is 3. The lowest BCUT2D eigenvalue weighted by Gasteiger charge is -2.37. The Hall–Kier alpha value is -0.420. The Morgan fingerprint density at radius 3 is 2.75 bits per heavy atom. The summed E-state index contributed by atoms with van der Waals surface area (Å²) < 4.78 is 0. The summed E-state index contributed by atoms with van der Waals surface area (Å²) in [5.41, 5.74) is -0.516. The molecule has 1 heterocycles. The maximum atomic E-state index is 10.4. The Bertz CT molecular complexity index is 340. The lowest BCUT2D eigenvalue weighted by Crippen LogP contribution is -2.52. The predicted molar refractivity (Wildman–Crippen MR) is 87.4 cm³/mol. The molecule has 2 fully saturated rings. The Kier molecular flexibility index (Phi) is 5.61. The van der Waals surface area contributed by atoms with Crippen LogP contribution in [0.4, 0.5) is 0 Å². The van der Waals surface area contributed by atoms with Crippen molar-refractivity contribution in [1.82, 2.24) is 10.2 Å². The topological polar surface area (TPSA) is 47.9 Å². The molecule has 2 N–H and O–H groups in total. The van der Waals surface area contributed by atoms with Crippen molar-refractivity contribution in [2.75, 3.05) is 32.4 Å². The Morgan fingerprint density at radius 2 is 2.15 bits per heavy atom. The van der Waals surface area contributed by atoms with Crippen molar-refractivity contribution in [3.63, 3.8) is 0 Å². The summed E-state index contributed by atoms with van der Waals surface area (Å²) in [6, 6.07) is 0.